The summed E-state index contributed by atoms with van der Waals surface area (Å²) < 4.78 is 7.22. The van der Waals surface area contributed by atoms with Gasteiger partial charge in [0.05, 0.1) is 18.8 Å². The van der Waals surface area contributed by atoms with Crippen LogP contribution in [0.25, 0.3) is 0 Å². The van der Waals surface area contributed by atoms with Gasteiger partial charge in [-0.15, -0.1) is 0 Å². The minimum atomic E-state index is 0.370. The van der Waals surface area contributed by atoms with E-state index in [1.54, 1.807) is 7.11 Å². The van der Waals surface area contributed by atoms with Crippen molar-refractivity contribution < 1.29 is 4.74 Å². The van der Waals surface area contributed by atoms with Gasteiger partial charge in [-0.05, 0) is 39.4 Å². The summed E-state index contributed by atoms with van der Waals surface area (Å²) in [5.74, 6) is 2.56. The molecule has 1 fully saturated rings. The number of aromatic nitrogens is 2. The van der Waals surface area contributed by atoms with Crippen molar-refractivity contribution in [2.75, 3.05) is 25.2 Å². The van der Waals surface area contributed by atoms with Crippen LogP contribution in [0.3, 0.4) is 0 Å². The monoisotopic (exact) mass is 297 g/mol. The summed E-state index contributed by atoms with van der Waals surface area (Å²) in [5, 5.41) is 8.43. The third-order valence-corrected chi connectivity index (χ3v) is 5.24. The van der Waals surface area contributed by atoms with E-state index in [1.165, 1.54) is 35.6 Å². The number of aryl methyl sites for hydroxylation is 1. The number of methoxy groups -OCH3 is 1. The van der Waals surface area contributed by atoms with E-state index in [-0.39, 0.29) is 0 Å². The minimum absolute atomic E-state index is 0.370. The van der Waals surface area contributed by atoms with Crippen LogP contribution in [-0.4, -0.2) is 41.0 Å². The number of rotatable bonds is 6. The number of hydrogen-bond donors (Lipinski definition) is 1. The molecule has 2 heterocycles. The summed E-state index contributed by atoms with van der Waals surface area (Å²) in [7, 11) is 1.73. The first kappa shape index (κ1) is 15.9. The van der Waals surface area contributed by atoms with Crippen molar-refractivity contribution in [3.8, 4) is 0 Å². The van der Waals surface area contributed by atoms with E-state index in [2.05, 4.69) is 47.6 Å². The molecular weight excluding hydrogens is 270 g/mol. The second-order valence-corrected chi connectivity index (χ2v) is 6.75. The average Bonchev–Trinajstić information content (AvgIpc) is 2.72. The zero-order valence-electron chi connectivity index (χ0n) is 13.1. The molecule has 0 radical (unpaired) electrons. The lowest BCUT2D eigenvalue weighted by atomic mass is 10.0. The van der Waals surface area contributed by atoms with Crippen LogP contribution >= 0.6 is 11.8 Å². The molecule has 1 aliphatic heterocycles. The van der Waals surface area contributed by atoms with Crippen molar-refractivity contribution >= 4 is 11.8 Å². The molecule has 1 saturated heterocycles. The Kier molecular flexibility index (Phi) is 5.93. The zero-order chi connectivity index (χ0) is 14.5. The fourth-order valence-electron chi connectivity index (χ4n) is 3.04. The van der Waals surface area contributed by atoms with Crippen LogP contribution in [0.15, 0.2) is 0 Å². The molecule has 114 valence electrons. The van der Waals surface area contributed by atoms with Gasteiger partial charge < -0.3 is 10.1 Å². The fraction of sp³-hybridized carbons (Fsp3) is 0.800. The predicted octanol–water partition coefficient (Wildman–Crippen LogP) is 2.69. The van der Waals surface area contributed by atoms with Gasteiger partial charge >= 0.3 is 0 Å². The van der Waals surface area contributed by atoms with Crippen molar-refractivity contribution in [3.05, 3.63) is 17.0 Å². The maximum absolute atomic E-state index is 5.15. The standard InChI is InChI=1S/C15H27N3OS/c1-11(16-14-6-5-9-20-10-14)15-12(2)17-18(13(15)3)7-8-19-4/h11,14,16H,5-10H2,1-4H3. The van der Waals surface area contributed by atoms with E-state index >= 15 is 0 Å². The number of nitrogens with zero attached hydrogens (tertiary/aromatic N) is 2. The van der Waals surface area contributed by atoms with E-state index < -0.39 is 0 Å². The van der Waals surface area contributed by atoms with E-state index in [4.69, 9.17) is 4.74 Å². The SMILES string of the molecule is COCCn1nc(C)c(C(C)NC2CCCSC2)c1C. The van der Waals surface area contributed by atoms with Crippen LogP contribution in [-0.2, 0) is 11.3 Å². The van der Waals surface area contributed by atoms with Gasteiger partial charge in [0, 0.05) is 36.2 Å². The average molecular weight is 297 g/mol. The molecule has 4 nitrogen and oxygen atoms in total. The van der Waals surface area contributed by atoms with Crippen molar-refractivity contribution in [3.63, 3.8) is 0 Å². The summed E-state index contributed by atoms with van der Waals surface area (Å²) in [4.78, 5) is 0. The highest BCUT2D eigenvalue weighted by Crippen LogP contribution is 2.24. The highest BCUT2D eigenvalue weighted by molar-refractivity contribution is 7.99. The Bertz CT molecular complexity index is 427. The Hall–Kier alpha value is -0.520. The second kappa shape index (κ2) is 7.48. The quantitative estimate of drug-likeness (QED) is 0.876. The Morgan fingerprint density at radius 1 is 1.50 bits per heavy atom. The zero-order valence-corrected chi connectivity index (χ0v) is 13.9. The Morgan fingerprint density at radius 3 is 2.95 bits per heavy atom. The lowest BCUT2D eigenvalue weighted by Crippen LogP contribution is -2.36. The molecule has 1 aromatic rings. The third kappa shape index (κ3) is 3.77. The molecule has 0 bridgehead atoms. The maximum atomic E-state index is 5.15. The van der Waals surface area contributed by atoms with Crippen molar-refractivity contribution in [2.45, 2.75) is 52.2 Å². The maximum Gasteiger partial charge on any atom is 0.0658 e. The van der Waals surface area contributed by atoms with Gasteiger partial charge in [0.15, 0.2) is 0 Å². The molecule has 0 aromatic carbocycles. The lowest BCUT2D eigenvalue weighted by molar-refractivity contribution is 0.182. The molecule has 5 heteroatoms. The van der Waals surface area contributed by atoms with Crippen LogP contribution in [0, 0.1) is 13.8 Å². The molecular formula is C15H27N3OS. The van der Waals surface area contributed by atoms with Crippen molar-refractivity contribution in [2.24, 2.45) is 0 Å². The number of thioether (sulfide) groups is 1. The fourth-order valence-corrected chi connectivity index (χ4v) is 4.13. The molecule has 0 spiro atoms. The van der Waals surface area contributed by atoms with Crippen LogP contribution in [0.5, 0.6) is 0 Å². The number of ether oxygens (including phenoxy) is 1. The van der Waals surface area contributed by atoms with Gasteiger partial charge in [0.25, 0.3) is 0 Å². The van der Waals surface area contributed by atoms with E-state index in [1.807, 2.05) is 0 Å². The van der Waals surface area contributed by atoms with Gasteiger partial charge in [0.1, 0.15) is 0 Å². The van der Waals surface area contributed by atoms with Crippen LogP contribution in [0.4, 0.5) is 0 Å². The van der Waals surface area contributed by atoms with Crippen molar-refractivity contribution in [1.82, 2.24) is 15.1 Å². The molecule has 1 N–H and O–H groups in total. The van der Waals surface area contributed by atoms with Gasteiger partial charge in [-0.3, -0.25) is 4.68 Å². The number of nitrogens with one attached hydrogen (secondary N) is 1. The molecule has 2 atom stereocenters. The van der Waals surface area contributed by atoms with Crippen LogP contribution < -0.4 is 5.32 Å². The second-order valence-electron chi connectivity index (χ2n) is 5.60. The first-order valence-electron chi connectivity index (χ1n) is 7.50. The molecule has 2 unspecified atom stereocenters. The van der Waals surface area contributed by atoms with Crippen molar-refractivity contribution in [1.29, 1.82) is 0 Å². The molecule has 20 heavy (non-hydrogen) atoms. The van der Waals surface area contributed by atoms with Crippen LogP contribution in [0.2, 0.25) is 0 Å². The van der Waals surface area contributed by atoms with Gasteiger partial charge in [-0.25, -0.2) is 0 Å². The Labute approximate surface area is 126 Å². The van der Waals surface area contributed by atoms with Gasteiger partial charge in [-0.2, -0.15) is 16.9 Å². The van der Waals surface area contributed by atoms with Gasteiger partial charge in [-0.1, -0.05) is 0 Å². The van der Waals surface area contributed by atoms with Gasteiger partial charge in [0.2, 0.25) is 0 Å². The topological polar surface area (TPSA) is 39.1 Å². The third-order valence-electron chi connectivity index (χ3n) is 4.02. The molecule has 1 aliphatic rings. The smallest absolute Gasteiger partial charge is 0.0658 e. The molecule has 0 amide bonds. The first-order valence-corrected chi connectivity index (χ1v) is 8.65. The largest absolute Gasteiger partial charge is 0.383 e. The van der Waals surface area contributed by atoms with E-state index in [0.29, 0.717) is 18.7 Å². The van der Waals surface area contributed by atoms with E-state index in [0.717, 1.165) is 12.2 Å². The molecule has 0 saturated carbocycles. The summed E-state index contributed by atoms with van der Waals surface area (Å²) in [5.41, 5.74) is 3.77. The number of hydrogen-bond acceptors (Lipinski definition) is 4. The Morgan fingerprint density at radius 2 is 2.30 bits per heavy atom. The first-order chi connectivity index (χ1) is 9.63. The lowest BCUT2D eigenvalue weighted by Gasteiger charge is -2.26. The van der Waals surface area contributed by atoms with E-state index in [9.17, 15) is 0 Å². The minimum Gasteiger partial charge on any atom is -0.383 e. The predicted molar refractivity (Wildman–Crippen MR) is 85.5 cm³/mol. The summed E-state index contributed by atoms with van der Waals surface area (Å²) in [6, 6.07) is 1.01. The van der Waals surface area contributed by atoms with Crippen LogP contribution in [0.1, 0.15) is 42.8 Å². The molecule has 0 aliphatic carbocycles. The molecule has 2 rings (SSSR count). The highest BCUT2D eigenvalue weighted by atomic mass is 32.2. The Balaban J connectivity index is 2.04. The molecule has 1 aromatic heterocycles. The normalized spacial score (nSPS) is 21.1. The summed E-state index contributed by atoms with van der Waals surface area (Å²) in [6.07, 6.45) is 2.63. The summed E-state index contributed by atoms with van der Waals surface area (Å²) in [6.45, 7) is 8.08. The summed E-state index contributed by atoms with van der Waals surface area (Å²) >= 11 is 2.07. The highest BCUT2D eigenvalue weighted by Gasteiger charge is 2.21.